The highest BCUT2D eigenvalue weighted by molar-refractivity contribution is 9.10. The number of halogens is 1. The Balaban J connectivity index is 2.67. The van der Waals surface area contributed by atoms with E-state index in [1.54, 1.807) is 18.7 Å². The van der Waals surface area contributed by atoms with Gasteiger partial charge in [0.1, 0.15) is 0 Å². The summed E-state index contributed by atoms with van der Waals surface area (Å²) in [4.78, 5) is 1.14. The molecule has 0 aromatic heterocycles. The van der Waals surface area contributed by atoms with Crippen LogP contribution in [0.3, 0.4) is 0 Å². The van der Waals surface area contributed by atoms with Crippen molar-refractivity contribution in [2.24, 2.45) is 0 Å². The van der Waals surface area contributed by atoms with Gasteiger partial charge in [-0.1, -0.05) is 27.7 Å². The van der Waals surface area contributed by atoms with Crippen LogP contribution in [0.4, 0.5) is 0 Å². The molecule has 0 aliphatic carbocycles. The van der Waals surface area contributed by atoms with Gasteiger partial charge in [-0.25, -0.2) is 0 Å². The van der Waals surface area contributed by atoms with E-state index in [-0.39, 0.29) is 0 Å². The molecule has 1 aromatic rings. The van der Waals surface area contributed by atoms with E-state index in [0.29, 0.717) is 0 Å². The van der Waals surface area contributed by atoms with Gasteiger partial charge < -0.3 is 0 Å². The molecule has 0 fully saturated rings. The van der Waals surface area contributed by atoms with E-state index in [4.69, 9.17) is 5.26 Å². The highest BCUT2D eigenvalue weighted by Crippen LogP contribution is 2.22. The molecule has 1 rings (SSSR count). The third-order valence-corrected chi connectivity index (χ3v) is 2.91. The molecule has 0 atom stereocenters. The van der Waals surface area contributed by atoms with Crippen molar-refractivity contribution in [1.29, 1.82) is 5.26 Å². The Morgan fingerprint density at radius 2 is 2.08 bits per heavy atom. The second-order valence-corrected chi connectivity index (χ2v) is 4.34. The number of nitriles is 1. The average molecular weight is 254 g/mol. The molecule has 0 saturated carbocycles. The van der Waals surface area contributed by atoms with Crippen molar-refractivity contribution in [1.82, 2.24) is 0 Å². The first-order chi connectivity index (χ1) is 6.22. The monoisotopic (exact) mass is 253 g/mol. The summed E-state index contributed by atoms with van der Waals surface area (Å²) in [6.45, 7) is 1.80. The van der Waals surface area contributed by atoms with Gasteiger partial charge in [-0.15, -0.1) is 0 Å². The van der Waals surface area contributed by atoms with Crippen LogP contribution in [0.15, 0.2) is 44.6 Å². The quantitative estimate of drug-likeness (QED) is 0.589. The summed E-state index contributed by atoms with van der Waals surface area (Å²) in [7, 11) is 0. The Bertz CT molecular complexity index is 348. The summed E-state index contributed by atoms with van der Waals surface area (Å²) in [5, 5.41) is 10.4. The summed E-state index contributed by atoms with van der Waals surface area (Å²) in [5.74, 6) is 0. The highest BCUT2D eigenvalue weighted by atomic mass is 79.9. The fourth-order valence-electron chi connectivity index (χ4n) is 0.696. The van der Waals surface area contributed by atoms with Crippen molar-refractivity contribution < 1.29 is 0 Å². The smallest absolute Gasteiger partial charge is 0.0949 e. The molecule has 0 amide bonds. The van der Waals surface area contributed by atoms with E-state index in [0.717, 1.165) is 14.9 Å². The number of thioether (sulfide) groups is 1. The zero-order valence-corrected chi connectivity index (χ0v) is 9.52. The predicted octanol–water partition coefficient (Wildman–Crippen LogP) is 3.97. The first-order valence-corrected chi connectivity index (χ1v) is 5.39. The van der Waals surface area contributed by atoms with E-state index in [9.17, 15) is 0 Å². The van der Waals surface area contributed by atoms with E-state index < -0.39 is 0 Å². The highest BCUT2D eigenvalue weighted by Gasteiger charge is 1.91. The van der Waals surface area contributed by atoms with Crippen molar-refractivity contribution in [3.8, 4) is 6.07 Å². The van der Waals surface area contributed by atoms with Gasteiger partial charge in [0.05, 0.1) is 6.07 Å². The molecule has 3 heteroatoms. The molecule has 0 N–H and O–H groups in total. The van der Waals surface area contributed by atoms with Crippen molar-refractivity contribution in [2.75, 3.05) is 0 Å². The largest absolute Gasteiger partial charge is 0.193 e. The van der Waals surface area contributed by atoms with Gasteiger partial charge in [0.2, 0.25) is 0 Å². The topological polar surface area (TPSA) is 23.8 Å². The summed E-state index contributed by atoms with van der Waals surface area (Å²) in [6, 6.07) is 10.1. The molecule has 1 aromatic carbocycles. The zero-order chi connectivity index (χ0) is 9.68. The predicted molar refractivity (Wildman–Crippen MR) is 59.4 cm³/mol. The zero-order valence-electron chi connectivity index (χ0n) is 7.12. The Labute approximate surface area is 90.6 Å². The van der Waals surface area contributed by atoms with E-state index in [1.165, 1.54) is 0 Å². The maximum atomic E-state index is 8.52. The summed E-state index contributed by atoms with van der Waals surface area (Å²) < 4.78 is 1.07. The number of hydrogen-bond acceptors (Lipinski definition) is 2. The van der Waals surface area contributed by atoms with Gasteiger partial charge >= 0.3 is 0 Å². The fraction of sp³-hybridized carbons (Fsp3) is 0.100. The van der Waals surface area contributed by atoms with Crippen LogP contribution in [0.25, 0.3) is 0 Å². The van der Waals surface area contributed by atoms with Crippen molar-refractivity contribution in [2.45, 2.75) is 11.8 Å². The average Bonchev–Trinajstić information content (AvgIpc) is 2.16. The minimum atomic E-state index is 0.730. The normalized spacial score (nSPS) is 11.0. The minimum absolute atomic E-state index is 0.730. The molecule has 0 unspecified atom stereocenters. The van der Waals surface area contributed by atoms with Gasteiger partial charge in [0.25, 0.3) is 0 Å². The molecule has 66 valence electrons. The van der Waals surface area contributed by atoms with Crippen LogP contribution in [0.5, 0.6) is 0 Å². The maximum Gasteiger partial charge on any atom is 0.0949 e. The van der Waals surface area contributed by atoms with E-state index in [2.05, 4.69) is 22.0 Å². The molecule has 0 bridgehead atoms. The molecule has 1 nitrogen and oxygen atoms in total. The molecule has 0 radical (unpaired) electrons. The summed E-state index contributed by atoms with van der Waals surface area (Å²) >= 11 is 4.92. The van der Waals surface area contributed by atoms with Gasteiger partial charge in [0, 0.05) is 14.9 Å². The number of allylic oxidation sites excluding steroid dienone is 1. The molecular formula is C10H8BrNS. The van der Waals surface area contributed by atoms with Crippen molar-refractivity contribution in [3.05, 3.63) is 39.7 Å². The lowest BCUT2D eigenvalue weighted by Gasteiger charge is -1.95. The molecule has 0 aliphatic heterocycles. The van der Waals surface area contributed by atoms with Crippen LogP contribution in [0, 0.1) is 11.3 Å². The second kappa shape index (κ2) is 5.11. The third-order valence-electron chi connectivity index (χ3n) is 1.36. The van der Waals surface area contributed by atoms with Crippen LogP contribution in [0.2, 0.25) is 0 Å². The molecule has 0 saturated heterocycles. The SMILES string of the molecule is CC(C#N)=CSc1ccc(Br)cc1. The Morgan fingerprint density at radius 3 is 2.62 bits per heavy atom. The van der Waals surface area contributed by atoms with Crippen molar-refractivity contribution in [3.63, 3.8) is 0 Å². The Morgan fingerprint density at radius 1 is 1.46 bits per heavy atom. The Kier molecular flexibility index (Phi) is 4.07. The van der Waals surface area contributed by atoms with Crippen LogP contribution in [-0.4, -0.2) is 0 Å². The van der Waals surface area contributed by atoms with Crippen LogP contribution < -0.4 is 0 Å². The van der Waals surface area contributed by atoms with Crippen molar-refractivity contribution >= 4 is 27.7 Å². The first-order valence-electron chi connectivity index (χ1n) is 3.71. The Hall–Kier alpha value is -0.720. The maximum absolute atomic E-state index is 8.52. The van der Waals surface area contributed by atoms with Gasteiger partial charge in [-0.3, -0.25) is 0 Å². The van der Waals surface area contributed by atoms with Crippen LogP contribution in [-0.2, 0) is 0 Å². The number of hydrogen-bond donors (Lipinski definition) is 0. The number of rotatable bonds is 2. The van der Waals surface area contributed by atoms with Gasteiger partial charge in [-0.2, -0.15) is 5.26 Å². The lowest BCUT2D eigenvalue weighted by atomic mass is 10.4. The lowest BCUT2D eigenvalue weighted by Crippen LogP contribution is -1.69. The van der Waals surface area contributed by atoms with Gasteiger partial charge in [-0.05, 0) is 36.6 Å². The molecule has 0 heterocycles. The van der Waals surface area contributed by atoms with E-state index in [1.807, 2.05) is 29.7 Å². The second-order valence-electron chi connectivity index (χ2n) is 2.48. The molecule has 13 heavy (non-hydrogen) atoms. The third kappa shape index (κ3) is 3.67. The fourth-order valence-corrected chi connectivity index (χ4v) is 1.62. The molecule has 0 aliphatic rings. The number of benzene rings is 1. The van der Waals surface area contributed by atoms with Crippen LogP contribution >= 0.6 is 27.7 Å². The minimum Gasteiger partial charge on any atom is -0.193 e. The van der Waals surface area contributed by atoms with Gasteiger partial charge in [0.15, 0.2) is 0 Å². The summed E-state index contributed by atoms with van der Waals surface area (Å²) in [6.07, 6.45) is 0. The van der Waals surface area contributed by atoms with Crippen LogP contribution in [0.1, 0.15) is 6.92 Å². The summed E-state index contributed by atoms with van der Waals surface area (Å²) in [5.41, 5.74) is 0.730. The molecular weight excluding hydrogens is 246 g/mol. The van der Waals surface area contributed by atoms with E-state index >= 15 is 0 Å². The first kappa shape index (κ1) is 10.4. The standard InChI is InChI=1S/C10H8BrNS/c1-8(6-12)7-13-10-4-2-9(11)3-5-10/h2-5,7H,1H3. The number of nitrogens with zero attached hydrogens (tertiary/aromatic N) is 1. The molecule has 0 spiro atoms. The lowest BCUT2D eigenvalue weighted by molar-refractivity contribution is 1.44.